The summed E-state index contributed by atoms with van der Waals surface area (Å²) in [5.41, 5.74) is 0.543. The Morgan fingerprint density at radius 2 is 1.88 bits per heavy atom. The van der Waals surface area contributed by atoms with Gasteiger partial charge in [-0.25, -0.2) is 8.78 Å². The molecule has 2 rings (SSSR count). The molecule has 1 aliphatic carbocycles. The van der Waals surface area contributed by atoms with Crippen LogP contribution in [0.4, 0.5) is 8.78 Å². The van der Waals surface area contributed by atoms with E-state index in [1.165, 1.54) is 12.1 Å². The van der Waals surface area contributed by atoms with Gasteiger partial charge in [0.05, 0.1) is 6.42 Å². The SMILES string of the molecule is O=C(O)CC1(c2ccc(C(F)F)cc2)CC1. The highest BCUT2D eigenvalue weighted by Gasteiger charge is 2.45. The van der Waals surface area contributed by atoms with Crippen molar-refractivity contribution in [3.8, 4) is 0 Å². The third-order valence-corrected chi connectivity index (χ3v) is 3.12. The first-order valence-corrected chi connectivity index (χ1v) is 5.14. The van der Waals surface area contributed by atoms with Crippen LogP contribution >= 0.6 is 0 Å². The van der Waals surface area contributed by atoms with Crippen molar-refractivity contribution in [3.63, 3.8) is 0 Å². The Kier molecular flexibility index (Phi) is 2.66. The van der Waals surface area contributed by atoms with E-state index in [9.17, 15) is 13.6 Å². The van der Waals surface area contributed by atoms with E-state index in [1.807, 2.05) is 0 Å². The van der Waals surface area contributed by atoms with Crippen molar-refractivity contribution in [2.45, 2.75) is 31.1 Å². The summed E-state index contributed by atoms with van der Waals surface area (Å²) in [5, 5.41) is 8.77. The number of carboxylic acid groups (broad SMARTS) is 1. The summed E-state index contributed by atoms with van der Waals surface area (Å²) in [4.78, 5) is 10.7. The first-order valence-electron chi connectivity index (χ1n) is 5.14. The molecular formula is C12H12F2O2. The first-order chi connectivity index (χ1) is 7.53. The van der Waals surface area contributed by atoms with E-state index in [1.54, 1.807) is 12.1 Å². The Morgan fingerprint density at radius 1 is 1.31 bits per heavy atom. The molecule has 0 unspecified atom stereocenters. The lowest BCUT2D eigenvalue weighted by molar-refractivity contribution is -0.137. The van der Waals surface area contributed by atoms with Crippen molar-refractivity contribution in [2.24, 2.45) is 0 Å². The fraction of sp³-hybridized carbons (Fsp3) is 0.417. The lowest BCUT2D eigenvalue weighted by Crippen LogP contribution is -2.12. The highest BCUT2D eigenvalue weighted by atomic mass is 19.3. The zero-order chi connectivity index (χ0) is 11.8. The van der Waals surface area contributed by atoms with Crippen LogP contribution in [0.1, 0.15) is 36.8 Å². The third kappa shape index (κ3) is 2.05. The molecule has 0 aromatic heterocycles. The van der Waals surface area contributed by atoms with Crippen LogP contribution in [0.3, 0.4) is 0 Å². The van der Waals surface area contributed by atoms with Crippen molar-refractivity contribution in [2.75, 3.05) is 0 Å². The van der Waals surface area contributed by atoms with E-state index >= 15 is 0 Å². The summed E-state index contributed by atoms with van der Waals surface area (Å²) in [6, 6.07) is 6.00. The Labute approximate surface area is 91.9 Å². The highest BCUT2D eigenvalue weighted by Crippen LogP contribution is 2.51. The average molecular weight is 226 g/mol. The van der Waals surface area contributed by atoms with Gasteiger partial charge in [0.2, 0.25) is 0 Å². The van der Waals surface area contributed by atoms with E-state index in [0.717, 1.165) is 18.4 Å². The first kappa shape index (κ1) is 11.0. The van der Waals surface area contributed by atoms with Gasteiger partial charge in [0, 0.05) is 11.0 Å². The predicted octanol–water partition coefficient (Wildman–Crippen LogP) is 3.13. The maximum atomic E-state index is 12.3. The molecule has 1 aliphatic rings. The van der Waals surface area contributed by atoms with Gasteiger partial charge >= 0.3 is 5.97 Å². The van der Waals surface area contributed by atoms with Crippen molar-refractivity contribution >= 4 is 5.97 Å². The second-order valence-electron chi connectivity index (χ2n) is 4.27. The van der Waals surface area contributed by atoms with Crippen LogP contribution in [0.5, 0.6) is 0 Å². The molecule has 0 bridgehead atoms. The van der Waals surface area contributed by atoms with Crippen molar-refractivity contribution in [1.29, 1.82) is 0 Å². The molecule has 1 saturated carbocycles. The molecule has 0 spiro atoms. The fourth-order valence-corrected chi connectivity index (χ4v) is 1.99. The quantitative estimate of drug-likeness (QED) is 0.856. The number of benzene rings is 1. The summed E-state index contributed by atoms with van der Waals surface area (Å²) in [6.07, 6.45) is -0.731. The molecule has 0 atom stereocenters. The summed E-state index contributed by atoms with van der Waals surface area (Å²) < 4.78 is 24.7. The van der Waals surface area contributed by atoms with E-state index < -0.39 is 12.4 Å². The normalized spacial score (nSPS) is 17.4. The van der Waals surface area contributed by atoms with Crippen LogP contribution in [-0.2, 0) is 10.2 Å². The number of hydrogen-bond donors (Lipinski definition) is 1. The molecule has 1 N–H and O–H groups in total. The number of rotatable bonds is 4. The zero-order valence-electron chi connectivity index (χ0n) is 8.62. The summed E-state index contributed by atoms with van der Waals surface area (Å²) >= 11 is 0. The van der Waals surface area contributed by atoms with Gasteiger partial charge in [-0.05, 0) is 18.4 Å². The van der Waals surface area contributed by atoms with E-state index in [-0.39, 0.29) is 17.4 Å². The standard InChI is InChI=1S/C12H12F2O2/c13-11(14)8-1-3-9(4-2-8)12(5-6-12)7-10(15)16/h1-4,11H,5-7H2,(H,15,16). The molecule has 0 amide bonds. The molecule has 1 aromatic carbocycles. The predicted molar refractivity (Wildman–Crippen MR) is 54.6 cm³/mol. The van der Waals surface area contributed by atoms with Gasteiger partial charge in [0.1, 0.15) is 0 Å². The van der Waals surface area contributed by atoms with E-state index in [2.05, 4.69) is 0 Å². The minimum Gasteiger partial charge on any atom is -0.481 e. The Morgan fingerprint density at radius 3 is 2.25 bits per heavy atom. The van der Waals surface area contributed by atoms with Crippen LogP contribution in [-0.4, -0.2) is 11.1 Å². The van der Waals surface area contributed by atoms with E-state index in [4.69, 9.17) is 5.11 Å². The van der Waals surface area contributed by atoms with Crippen LogP contribution in [0, 0.1) is 0 Å². The van der Waals surface area contributed by atoms with Crippen LogP contribution in [0.2, 0.25) is 0 Å². The molecule has 0 saturated heterocycles. The Balaban J connectivity index is 2.19. The number of halogens is 2. The molecule has 1 fully saturated rings. The molecule has 0 heterocycles. The van der Waals surface area contributed by atoms with Gasteiger partial charge in [0.15, 0.2) is 0 Å². The number of carboxylic acids is 1. The fourth-order valence-electron chi connectivity index (χ4n) is 1.99. The van der Waals surface area contributed by atoms with Gasteiger partial charge < -0.3 is 5.11 Å². The lowest BCUT2D eigenvalue weighted by atomic mass is 9.92. The summed E-state index contributed by atoms with van der Waals surface area (Å²) in [6.45, 7) is 0. The maximum Gasteiger partial charge on any atom is 0.304 e. The molecule has 86 valence electrons. The largest absolute Gasteiger partial charge is 0.481 e. The smallest absolute Gasteiger partial charge is 0.304 e. The Hall–Kier alpha value is -1.45. The maximum absolute atomic E-state index is 12.3. The average Bonchev–Trinajstić information content (AvgIpc) is 2.98. The van der Waals surface area contributed by atoms with Crippen LogP contribution < -0.4 is 0 Å². The topological polar surface area (TPSA) is 37.3 Å². The van der Waals surface area contributed by atoms with Gasteiger partial charge in [-0.1, -0.05) is 24.3 Å². The second-order valence-corrected chi connectivity index (χ2v) is 4.27. The van der Waals surface area contributed by atoms with Gasteiger partial charge in [-0.3, -0.25) is 4.79 Å². The van der Waals surface area contributed by atoms with Crippen LogP contribution in [0.25, 0.3) is 0 Å². The Bertz CT molecular complexity index is 394. The number of hydrogen-bond acceptors (Lipinski definition) is 1. The van der Waals surface area contributed by atoms with Gasteiger partial charge in [-0.2, -0.15) is 0 Å². The number of alkyl halides is 2. The molecule has 0 radical (unpaired) electrons. The second kappa shape index (κ2) is 3.85. The summed E-state index contributed by atoms with van der Waals surface area (Å²) in [5.74, 6) is -0.838. The minimum atomic E-state index is -2.47. The minimum absolute atomic E-state index is 0.0186. The summed E-state index contributed by atoms with van der Waals surface area (Å²) in [7, 11) is 0. The van der Waals surface area contributed by atoms with Crippen molar-refractivity contribution < 1.29 is 18.7 Å². The highest BCUT2D eigenvalue weighted by molar-refractivity contribution is 5.70. The van der Waals surface area contributed by atoms with E-state index in [0.29, 0.717) is 0 Å². The zero-order valence-corrected chi connectivity index (χ0v) is 8.62. The molecule has 16 heavy (non-hydrogen) atoms. The van der Waals surface area contributed by atoms with Crippen molar-refractivity contribution in [1.82, 2.24) is 0 Å². The third-order valence-electron chi connectivity index (χ3n) is 3.12. The van der Waals surface area contributed by atoms with Gasteiger partial charge in [-0.15, -0.1) is 0 Å². The molecular weight excluding hydrogens is 214 g/mol. The molecule has 0 aliphatic heterocycles. The van der Waals surface area contributed by atoms with Gasteiger partial charge in [0.25, 0.3) is 6.43 Å². The number of aliphatic carboxylic acids is 1. The van der Waals surface area contributed by atoms with Crippen molar-refractivity contribution in [3.05, 3.63) is 35.4 Å². The lowest BCUT2D eigenvalue weighted by Gasteiger charge is -2.13. The monoisotopic (exact) mass is 226 g/mol. The van der Waals surface area contributed by atoms with Crippen LogP contribution in [0.15, 0.2) is 24.3 Å². The molecule has 2 nitrogen and oxygen atoms in total. The number of carbonyl (C=O) groups is 1. The molecule has 1 aromatic rings. The molecule has 4 heteroatoms.